The van der Waals surface area contributed by atoms with Gasteiger partial charge in [-0.3, -0.25) is 9.59 Å². The highest BCUT2D eigenvalue weighted by Gasteiger charge is 2.21. The van der Waals surface area contributed by atoms with Crippen molar-refractivity contribution < 1.29 is 13.2 Å². The Kier molecular flexibility index (Phi) is 5.82. The lowest BCUT2D eigenvalue weighted by Crippen LogP contribution is -2.40. The van der Waals surface area contributed by atoms with E-state index in [1.54, 1.807) is 0 Å². The normalized spacial score (nSPS) is 21.7. The molecule has 1 heterocycles. The summed E-state index contributed by atoms with van der Waals surface area (Å²) in [5.41, 5.74) is -0.403. The summed E-state index contributed by atoms with van der Waals surface area (Å²) in [5, 5.41) is 2.94. The van der Waals surface area contributed by atoms with E-state index in [0.29, 0.717) is 5.92 Å². The Hall–Kier alpha value is -1.67. The fraction of sp³-hybridized carbons (Fsp3) is 0.625. The molecule has 0 spiro atoms. The molecule has 0 bridgehead atoms. The summed E-state index contributed by atoms with van der Waals surface area (Å²) >= 11 is 0. The van der Waals surface area contributed by atoms with E-state index in [-0.39, 0.29) is 23.4 Å². The van der Waals surface area contributed by atoms with Gasteiger partial charge >= 0.3 is 0 Å². The van der Waals surface area contributed by atoms with Crippen molar-refractivity contribution in [3.63, 3.8) is 0 Å². The average molecular weight is 355 g/mol. The molecule has 24 heavy (non-hydrogen) atoms. The standard InChI is InChI=1S/C16H25N3O4S/c1-12-4-6-13(7-5-12)17-15(20)11-19-10-14(8-9-16(19)21)24(22,23)18(2)3/h8-10,12-13H,4-7,11H2,1-3H3,(H,17,20). The van der Waals surface area contributed by atoms with Crippen molar-refractivity contribution >= 4 is 15.9 Å². The SMILES string of the molecule is CC1CCC(NC(=O)Cn2cc(S(=O)(=O)N(C)C)ccc2=O)CC1. The van der Waals surface area contributed by atoms with Crippen LogP contribution in [0.3, 0.4) is 0 Å². The minimum atomic E-state index is -3.64. The van der Waals surface area contributed by atoms with Crippen molar-refractivity contribution in [2.24, 2.45) is 5.92 Å². The number of pyridine rings is 1. The highest BCUT2D eigenvalue weighted by atomic mass is 32.2. The van der Waals surface area contributed by atoms with E-state index >= 15 is 0 Å². The van der Waals surface area contributed by atoms with Gasteiger partial charge in [0.2, 0.25) is 15.9 Å². The molecule has 0 aliphatic heterocycles. The second-order valence-electron chi connectivity index (χ2n) is 6.64. The van der Waals surface area contributed by atoms with Gasteiger partial charge in [-0.1, -0.05) is 6.92 Å². The van der Waals surface area contributed by atoms with Crippen LogP contribution in [0.5, 0.6) is 0 Å². The summed E-state index contributed by atoms with van der Waals surface area (Å²) in [6.07, 6.45) is 5.27. The average Bonchev–Trinajstić information content (AvgIpc) is 2.51. The number of nitrogens with one attached hydrogen (secondary N) is 1. The first-order chi connectivity index (χ1) is 11.2. The van der Waals surface area contributed by atoms with E-state index in [2.05, 4.69) is 12.2 Å². The molecule has 134 valence electrons. The molecule has 1 aliphatic rings. The van der Waals surface area contributed by atoms with Crippen LogP contribution in [-0.2, 0) is 21.4 Å². The van der Waals surface area contributed by atoms with Gasteiger partial charge in [0.15, 0.2) is 0 Å². The fourth-order valence-corrected chi connectivity index (χ4v) is 3.75. The van der Waals surface area contributed by atoms with Crippen LogP contribution < -0.4 is 10.9 Å². The second kappa shape index (κ2) is 7.48. The quantitative estimate of drug-likeness (QED) is 0.846. The number of carbonyl (C=O) groups excluding carboxylic acids is 1. The number of hydrogen-bond donors (Lipinski definition) is 1. The van der Waals surface area contributed by atoms with Crippen molar-refractivity contribution in [3.8, 4) is 0 Å². The number of hydrogen-bond acceptors (Lipinski definition) is 4. The van der Waals surface area contributed by atoms with Gasteiger partial charge in [-0.2, -0.15) is 0 Å². The molecule has 1 amide bonds. The third-order valence-electron chi connectivity index (χ3n) is 4.43. The molecule has 0 saturated heterocycles. The van der Waals surface area contributed by atoms with Crippen LogP contribution >= 0.6 is 0 Å². The first kappa shape index (κ1) is 18.7. The van der Waals surface area contributed by atoms with Gasteiger partial charge in [0.1, 0.15) is 6.54 Å². The van der Waals surface area contributed by atoms with Crippen LogP contribution in [0.15, 0.2) is 28.0 Å². The molecule has 2 rings (SSSR count). The Morgan fingerprint density at radius 1 is 1.25 bits per heavy atom. The highest BCUT2D eigenvalue weighted by molar-refractivity contribution is 7.89. The monoisotopic (exact) mass is 355 g/mol. The number of sulfonamides is 1. The van der Waals surface area contributed by atoms with Crippen molar-refractivity contribution in [2.45, 2.75) is 50.1 Å². The first-order valence-electron chi connectivity index (χ1n) is 8.12. The van der Waals surface area contributed by atoms with Crippen LogP contribution in [0, 0.1) is 5.92 Å². The van der Waals surface area contributed by atoms with E-state index in [1.165, 1.54) is 32.4 Å². The van der Waals surface area contributed by atoms with Crippen LogP contribution in [0.2, 0.25) is 0 Å². The maximum absolute atomic E-state index is 12.2. The number of nitrogens with zero attached hydrogens (tertiary/aromatic N) is 2. The Balaban J connectivity index is 2.09. The van der Waals surface area contributed by atoms with Gasteiger partial charge in [0.05, 0.1) is 4.90 Å². The lowest BCUT2D eigenvalue weighted by Gasteiger charge is -2.27. The van der Waals surface area contributed by atoms with Crippen molar-refractivity contribution in [3.05, 3.63) is 28.7 Å². The van der Waals surface area contributed by atoms with Crippen LogP contribution in [0.4, 0.5) is 0 Å². The lowest BCUT2D eigenvalue weighted by molar-refractivity contribution is -0.122. The number of rotatable bonds is 5. The van der Waals surface area contributed by atoms with Crippen LogP contribution in [0.25, 0.3) is 0 Å². The molecule has 1 N–H and O–H groups in total. The Morgan fingerprint density at radius 3 is 2.46 bits per heavy atom. The predicted octanol–water partition coefficient (Wildman–Crippen LogP) is 0.794. The van der Waals surface area contributed by atoms with E-state index in [4.69, 9.17) is 0 Å². The smallest absolute Gasteiger partial charge is 0.251 e. The van der Waals surface area contributed by atoms with Crippen molar-refractivity contribution in [1.29, 1.82) is 0 Å². The van der Waals surface area contributed by atoms with Crippen molar-refractivity contribution in [2.75, 3.05) is 14.1 Å². The molecule has 0 aromatic carbocycles. The lowest BCUT2D eigenvalue weighted by atomic mass is 9.87. The zero-order chi connectivity index (χ0) is 17.9. The summed E-state index contributed by atoms with van der Waals surface area (Å²) in [4.78, 5) is 24.1. The maximum atomic E-state index is 12.2. The fourth-order valence-electron chi connectivity index (χ4n) is 2.83. The number of amides is 1. The molecule has 0 radical (unpaired) electrons. The highest BCUT2D eigenvalue weighted by Crippen LogP contribution is 2.23. The molecule has 1 aromatic rings. The van der Waals surface area contributed by atoms with E-state index in [1.807, 2.05) is 0 Å². The summed E-state index contributed by atoms with van der Waals surface area (Å²) < 4.78 is 26.5. The van der Waals surface area contributed by atoms with Gasteiger partial charge in [0, 0.05) is 32.4 Å². The maximum Gasteiger partial charge on any atom is 0.251 e. The minimum Gasteiger partial charge on any atom is -0.352 e. The number of carbonyl (C=O) groups is 1. The molecule has 1 aromatic heterocycles. The van der Waals surface area contributed by atoms with Crippen LogP contribution in [-0.4, -0.2) is 43.3 Å². The molecule has 8 heteroatoms. The van der Waals surface area contributed by atoms with Crippen LogP contribution in [0.1, 0.15) is 32.6 Å². The number of aromatic nitrogens is 1. The van der Waals surface area contributed by atoms with E-state index in [0.717, 1.165) is 34.6 Å². The van der Waals surface area contributed by atoms with Gasteiger partial charge in [-0.05, 0) is 37.7 Å². The molecule has 1 aliphatic carbocycles. The molecule has 0 atom stereocenters. The van der Waals surface area contributed by atoms with Gasteiger partial charge < -0.3 is 9.88 Å². The largest absolute Gasteiger partial charge is 0.352 e. The molecular weight excluding hydrogens is 330 g/mol. The summed E-state index contributed by atoms with van der Waals surface area (Å²) in [6.45, 7) is 2.02. The zero-order valence-electron chi connectivity index (χ0n) is 14.4. The molecule has 1 saturated carbocycles. The Bertz CT molecular complexity index is 747. The minimum absolute atomic E-state index is 0.00797. The van der Waals surface area contributed by atoms with Gasteiger partial charge in [0.25, 0.3) is 5.56 Å². The Labute approximate surface area is 142 Å². The molecule has 7 nitrogen and oxygen atoms in total. The van der Waals surface area contributed by atoms with E-state index < -0.39 is 15.6 Å². The summed E-state index contributed by atoms with van der Waals surface area (Å²) in [7, 11) is -0.807. The second-order valence-corrected chi connectivity index (χ2v) is 8.79. The summed E-state index contributed by atoms with van der Waals surface area (Å²) in [5.74, 6) is 0.421. The van der Waals surface area contributed by atoms with E-state index in [9.17, 15) is 18.0 Å². The predicted molar refractivity (Wildman–Crippen MR) is 91.1 cm³/mol. The molecular formula is C16H25N3O4S. The third kappa shape index (κ3) is 4.45. The summed E-state index contributed by atoms with van der Waals surface area (Å²) in [6, 6.07) is 2.57. The third-order valence-corrected chi connectivity index (χ3v) is 6.23. The van der Waals surface area contributed by atoms with Crippen molar-refractivity contribution in [1.82, 2.24) is 14.2 Å². The molecule has 1 fully saturated rings. The Morgan fingerprint density at radius 2 is 1.88 bits per heavy atom. The topological polar surface area (TPSA) is 88.5 Å². The molecule has 0 unspecified atom stereocenters. The van der Waals surface area contributed by atoms with Gasteiger partial charge in [-0.25, -0.2) is 12.7 Å². The zero-order valence-corrected chi connectivity index (χ0v) is 15.2. The van der Waals surface area contributed by atoms with Gasteiger partial charge in [-0.15, -0.1) is 0 Å². The first-order valence-corrected chi connectivity index (χ1v) is 9.56.